The Morgan fingerprint density at radius 3 is 1.62 bits per heavy atom. The number of nitrogens with one attached hydrogen (secondary N) is 2. The Bertz CT molecular complexity index is 2500. The van der Waals surface area contributed by atoms with E-state index >= 15 is 0 Å². The number of carbonyl (C=O) groups is 8. The number of carboxylic acid groups (broad SMARTS) is 4. The number of imide groups is 1. The van der Waals surface area contributed by atoms with E-state index < -0.39 is 74.3 Å². The number of hydrogen-bond acceptors (Lipinski definition) is 12. The summed E-state index contributed by atoms with van der Waals surface area (Å²) in [7, 11) is 0. The highest BCUT2D eigenvalue weighted by Gasteiger charge is 2.24. The Morgan fingerprint density at radius 1 is 0.585 bits per heavy atom. The lowest BCUT2D eigenvalue weighted by atomic mass is 10.0. The van der Waals surface area contributed by atoms with Crippen molar-refractivity contribution in [3.63, 3.8) is 0 Å². The Morgan fingerprint density at radius 2 is 1.08 bits per heavy atom. The van der Waals surface area contributed by atoms with Gasteiger partial charge in [0.25, 0.3) is 17.4 Å². The fourth-order valence-corrected chi connectivity index (χ4v) is 7.18. The maximum absolute atomic E-state index is 13.4. The summed E-state index contributed by atoms with van der Waals surface area (Å²) < 4.78 is 1.58. The molecule has 0 saturated heterocycles. The molecule has 20 nitrogen and oxygen atoms in total. The molecule has 3 aromatic carbocycles. The number of hydrogen-bond donors (Lipinski definition) is 6. The van der Waals surface area contributed by atoms with Crippen LogP contribution in [-0.4, -0.2) is 158 Å². The van der Waals surface area contributed by atoms with Gasteiger partial charge in [-0.3, -0.25) is 62.8 Å². The van der Waals surface area contributed by atoms with Crippen molar-refractivity contribution in [2.75, 3.05) is 70.8 Å². The lowest BCUT2D eigenvalue weighted by molar-refractivity contribution is -0.143. The van der Waals surface area contributed by atoms with Gasteiger partial charge in [-0.1, -0.05) is 54.6 Å². The quantitative estimate of drug-likeness (QED) is 0.0509. The molecule has 1 aliphatic heterocycles. The van der Waals surface area contributed by atoms with E-state index in [9.17, 15) is 53.4 Å². The fourth-order valence-electron chi connectivity index (χ4n) is 7.18. The Balaban J connectivity index is 1.20. The summed E-state index contributed by atoms with van der Waals surface area (Å²) in [6.07, 6.45) is 2.34. The van der Waals surface area contributed by atoms with Gasteiger partial charge in [0.1, 0.15) is 0 Å². The number of aryl methyl sites for hydroxylation is 1. The molecule has 20 heteroatoms. The zero-order valence-corrected chi connectivity index (χ0v) is 35.5. The zero-order chi connectivity index (χ0) is 47.2. The van der Waals surface area contributed by atoms with E-state index in [0.717, 1.165) is 43.0 Å². The third kappa shape index (κ3) is 14.8. The number of benzene rings is 3. The predicted octanol–water partition coefficient (Wildman–Crippen LogP) is 1.14. The molecule has 4 aromatic rings. The van der Waals surface area contributed by atoms with Gasteiger partial charge in [0, 0.05) is 75.0 Å². The number of anilines is 1. The largest absolute Gasteiger partial charge is 0.480 e. The topological polar surface area (TPSA) is 276 Å². The first kappa shape index (κ1) is 48.5. The summed E-state index contributed by atoms with van der Waals surface area (Å²) in [5, 5.41) is 43.6. The Hall–Kier alpha value is -7.55. The zero-order valence-electron chi connectivity index (χ0n) is 35.5. The number of nitrogens with zero attached hydrogens (tertiary/aromatic N) is 5. The second kappa shape index (κ2) is 22.7. The predicted molar refractivity (Wildman–Crippen MR) is 235 cm³/mol. The lowest BCUT2D eigenvalue weighted by Crippen LogP contribution is -2.46. The Labute approximate surface area is 371 Å². The number of carbonyl (C=O) groups excluding carboxylic acids is 4. The highest BCUT2D eigenvalue weighted by molar-refractivity contribution is 6.13. The number of amides is 4. The van der Waals surface area contributed by atoms with Crippen LogP contribution in [0.25, 0.3) is 22.0 Å². The number of rotatable bonds is 25. The molecule has 0 radical (unpaired) electrons. The highest BCUT2D eigenvalue weighted by Crippen LogP contribution is 2.24. The van der Waals surface area contributed by atoms with Crippen molar-refractivity contribution >= 4 is 64.1 Å². The molecule has 6 N–H and O–H groups in total. The van der Waals surface area contributed by atoms with Crippen molar-refractivity contribution < 1.29 is 58.8 Å². The lowest BCUT2D eigenvalue weighted by Gasteiger charge is -2.27. The molecule has 0 unspecified atom stereocenters. The Kier molecular flexibility index (Phi) is 16.9. The van der Waals surface area contributed by atoms with E-state index in [1.54, 1.807) is 29.7 Å². The summed E-state index contributed by atoms with van der Waals surface area (Å²) in [5.41, 5.74) is 4.83. The van der Waals surface area contributed by atoms with Crippen LogP contribution in [0.4, 0.5) is 5.69 Å². The van der Waals surface area contributed by atoms with Crippen LogP contribution in [-0.2, 0) is 51.4 Å². The second-order valence-electron chi connectivity index (χ2n) is 15.4. The summed E-state index contributed by atoms with van der Waals surface area (Å²) >= 11 is 0. The van der Waals surface area contributed by atoms with Crippen LogP contribution in [0.15, 0.2) is 89.7 Å². The average Bonchev–Trinajstić information content (AvgIpc) is 3.56. The average molecular weight is 896 g/mol. The van der Waals surface area contributed by atoms with E-state index in [1.165, 1.54) is 28.0 Å². The van der Waals surface area contributed by atoms with Crippen molar-refractivity contribution in [2.24, 2.45) is 0 Å². The third-order valence-electron chi connectivity index (χ3n) is 10.4. The number of pyridine rings is 1. The first-order valence-corrected chi connectivity index (χ1v) is 20.4. The van der Waals surface area contributed by atoms with Crippen LogP contribution >= 0.6 is 0 Å². The summed E-state index contributed by atoms with van der Waals surface area (Å²) in [4.78, 5) is 113. The number of aliphatic carboxylic acids is 4. The van der Waals surface area contributed by atoms with Gasteiger partial charge in [0.15, 0.2) is 0 Å². The first-order valence-electron chi connectivity index (χ1n) is 20.4. The molecule has 1 aliphatic rings. The monoisotopic (exact) mass is 895 g/mol. The molecule has 5 rings (SSSR count). The van der Waals surface area contributed by atoms with Gasteiger partial charge in [-0.25, -0.2) is 0 Å². The van der Waals surface area contributed by atoms with Crippen molar-refractivity contribution in [2.45, 2.75) is 26.4 Å². The molecule has 342 valence electrons. The maximum Gasteiger partial charge on any atom is 0.317 e. The van der Waals surface area contributed by atoms with Crippen molar-refractivity contribution in [3.05, 3.63) is 112 Å². The molecular formula is C45H49N7O13. The molecule has 65 heavy (non-hydrogen) atoms. The number of carboxylic acids is 4. The van der Waals surface area contributed by atoms with E-state index in [4.69, 9.17) is 10.2 Å². The molecular weight excluding hydrogens is 847 g/mol. The van der Waals surface area contributed by atoms with Gasteiger partial charge < -0.3 is 35.6 Å². The molecule has 0 saturated carbocycles. The second-order valence-corrected chi connectivity index (χ2v) is 15.4. The summed E-state index contributed by atoms with van der Waals surface area (Å²) in [6.45, 7) is -0.610. The molecule has 0 bridgehead atoms. The molecule has 0 fully saturated rings. The van der Waals surface area contributed by atoms with Gasteiger partial charge >= 0.3 is 23.9 Å². The minimum Gasteiger partial charge on any atom is -0.480 e. The highest BCUT2D eigenvalue weighted by atomic mass is 16.4. The number of fused-ring (bicyclic) bond motifs is 1. The van der Waals surface area contributed by atoms with Crippen LogP contribution < -0.4 is 16.2 Å². The SMILES string of the molecule is Cc1cc(=O)n(Cc2ccc(-c3ccc(CNC(=O)CCN4C(=O)C=CC4=O)cc3)cc2)c2cc(NC(=O)CN(CCN(CCN(CC(=O)O)CC(=O)O)CC(=O)O)CC(=O)O)ccc12. The molecule has 0 atom stereocenters. The van der Waals surface area contributed by atoms with Gasteiger partial charge in [-0.2, -0.15) is 0 Å². The van der Waals surface area contributed by atoms with Crippen molar-refractivity contribution in [1.29, 1.82) is 0 Å². The molecule has 0 aliphatic carbocycles. The van der Waals surface area contributed by atoms with Crippen LogP contribution in [0, 0.1) is 6.92 Å². The van der Waals surface area contributed by atoms with Gasteiger partial charge in [-0.05, 0) is 46.9 Å². The van der Waals surface area contributed by atoms with Crippen LogP contribution in [0.3, 0.4) is 0 Å². The van der Waals surface area contributed by atoms with E-state index in [1.807, 2.05) is 48.5 Å². The van der Waals surface area contributed by atoms with Crippen LogP contribution in [0.1, 0.15) is 23.1 Å². The maximum atomic E-state index is 13.4. The van der Waals surface area contributed by atoms with Gasteiger partial charge in [0.2, 0.25) is 11.8 Å². The summed E-state index contributed by atoms with van der Waals surface area (Å²) in [6, 6.07) is 21.8. The van der Waals surface area contributed by atoms with E-state index in [0.29, 0.717) is 11.2 Å². The molecule has 4 amide bonds. The van der Waals surface area contributed by atoms with Gasteiger partial charge in [-0.15, -0.1) is 0 Å². The van der Waals surface area contributed by atoms with Crippen LogP contribution in [0.2, 0.25) is 0 Å². The molecule has 0 spiro atoms. The van der Waals surface area contributed by atoms with E-state index in [2.05, 4.69) is 10.6 Å². The smallest absolute Gasteiger partial charge is 0.317 e. The fraction of sp³-hybridized carbons (Fsp3) is 0.311. The van der Waals surface area contributed by atoms with Gasteiger partial charge in [0.05, 0.1) is 44.8 Å². The van der Waals surface area contributed by atoms with E-state index in [-0.39, 0.29) is 63.7 Å². The third-order valence-corrected chi connectivity index (χ3v) is 10.4. The van der Waals surface area contributed by atoms with Crippen molar-refractivity contribution in [1.82, 2.24) is 29.5 Å². The standard InChI is InChI=1S/C45H49N7O13/c1-29-20-41(57)52(23-31-4-8-33(9-5-31)32-6-2-30(3-7-32)22-46-37(53)14-15-51-39(55)12-13-40(51)56)36-21-34(10-11-35(29)36)47-38(54)24-49(26-43(60)61)18-16-48(25-42(58)59)17-19-50(27-44(62)63)28-45(64)65/h2-13,20-21H,14-19,22-28H2,1H3,(H,46,53)(H,47,54)(H,58,59)(H,60,61)(H,62,63)(H,64,65). The number of aromatic nitrogens is 1. The summed E-state index contributed by atoms with van der Waals surface area (Å²) in [5.74, 6) is -6.73. The first-order chi connectivity index (χ1) is 30.9. The van der Waals surface area contributed by atoms with Crippen LogP contribution in [0.5, 0.6) is 0 Å². The van der Waals surface area contributed by atoms with Crippen molar-refractivity contribution in [3.8, 4) is 11.1 Å². The minimum absolute atomic E-state index is 0.00209. The normalized spacial score (nSPS) is 12.4. The minimum atomic E-state index is -1.26. The molecule has 1 aromatic heterocycles. The molecule has 2 heterocycles.